The average Bonchev–Trinajstić information content (AvgIpc) is 2.68. The van der Waals surface area contributed by atoms with E-state index in [0.29, 0.717) is 32.7 Å². The second kappa shape index (κ2) is 5.87. The number of carbonyl (C=O) groups is 1. The Morgan fingerprint density at radius 3 is 2.83 bits per heavy atom. The second-order valence-corrected chi connectivity index (χ2v) is 8.98. The highest BCUT2D eigenvalue weighted by Crippen LogP contribution is 2.44. The molecule has 0 bridgehead atoms. The summed E-state index contributed by atoms with van der Waals surface area (Å²) in [4.78, 5) is 17.4. The number of amides is 1. The predicted molar refractivity (Wildman–Crippen MR) is 85.5 cm³/mol. The van der Waals surface area contributed by atoms with Gasteiger partial charge in [-0.2, -0.15) is 0 Å². The third-order valence-electron chi connectivity index (χ3n) is 4.98. The molecule has 0 unspecified atom stereocenters. The minimum absolute atomic E-state index is 0.0482. The third kappa shape index (κ3) is 2.87. The maximum absolute atomic E-state index is 12.4. The van der Waals surface area contributed by atoms with Crippen molar-refractivity contribution in [3.8, 4) is 0 Å². The van der Waals surface area contributed by atoms with Gasteiger partial charge in [0.1, 0.15) is 4.75 Å². The van der Waals surface area contributed by atoms with Crippen molar-refractivity contribution < 1.29 is 17.9 Å². The molecule has 3 heterocycles. The van der Waals surface area contributed by atoms with Crippen LogP contribution in [0.3, 0.4) is 0 Å². The van der Waals surface area contributed by atoms with Crippen LogP contribution in [-0.4, -0.2) is 54.4 Å². The van der Waals surface area contributed by atoms with Gasteiger partial charge in [0.15, 0.2) is 9.84 Å². The van der Waals surface area contributed by atoms with Crippen LogP contribution in [0.1, 0.15) is 24.7 Å². The van der Waals surface area contributed by atoms with Gasteiger partial charge >= 0.3 is 0 Å². The summed E-state index contributed by atoms with van der Waals surface area (Å²) < 4.78 is 29.8. The molecule has 23 heavy (non-hydrogen) atoms. The lowest BCUT2D eigenvalue weighted by molar-refractivity contribution is -0.135. The molecule has 0 aromatic carbocycles. The molecule has 1 spiro atoms. The highest BCUT2D eigenvalue weighted by atomic mass is 32.2. The van der Waals surface area contributed by atoms with Gasteiger partial charge in [0, 0.05) is 31.6 Å². The molecule has 2 saturated heterocycles. The number of nitrogens with zero attached hydrogens (tertiary/aromatic N) is 2. The Bertz CT molecular complexity index is 711. The zero-order valence-corrected chi connectivity index (χ0v) is 14.3. The molecule has 0 radical (unpaired) electrons. The van der Waals surface area contributed by atoms with Gasteiger partial charge < -0.3 is 9.64 Å². The van der Waals surface area contributed by atoms with Gasteiger partial charge in [0.2, 0.25) is 5.91 Å². The summed E-state index contributed by atoms with van der Waals surface area (Å²) in [5, 5.41) is 0. The first-order valence-corrected chi connectivity index (χ1v) is 9.47. The Morgan fingerprint density at radius 1 is 1.43 bits per heavy atom. The van der Waals surface area contributed by atoms with E-state index in [2.05, 4.69) is 4.98 Å². The van der Waals surface area contributed by atoms with E-state index < -0.39 is 14.6 Å². The summed E-state index contributed by atoms with van der Waals surface area (Å²) in [6, 6.07) is 5.75. The lowest BCUT2D eigenvalue weighted by Crippen LogP contribution is -2.68. The van der Waals surface area contributed by atoms with Gasteiger partial charge in [-0.25, -0.2) is 8.42 Å². The maximum atomic E-state index is 12.4. The predicted octanol–water partition coefficient (Wildman–Crippen LogP) is 0.942. The molecule has 0 saturated carbocycles. The molecular formula is C16H22N2O4S. The van der Waals surface area contributed by atoms with Crippen molar-refractivity contribution in [3.63, 3.8) is 0 Å². The van der Waals surface area contributed by atoms with Crippen molar-refractivity contribution in [1.29, 1.82) is 0 Å². The number of likely N-dealkylation sites (tertiary alicyclic amines) is 1. The van der Waals surface area contributed by atoms with E-state index in [1.807, 2.05) is 25.1 Å². The Morgan fingerprint density at radius 2 is 2.17 bits per heavy atom. The summed E-state index contributed by atoms with van der Waals surface area (Å²) in [5.41, 5.74) is 1.78. The number of pyridine rings is 1. The SMILES string of the molecule is CC(=O)N1CC2(C1)[C@H](COCc1cccc(C)n1)CCS2(=O)=O. The quantitative estimate of drug-likeness (QED) is 0.817. The number of ether oxygens (including phenoxy) is 1. The smallest absolute Gasteiger partial charge is 0.219 e. The number of aryl methyl sites for hydroxylation is 1. The first kappa shape index (κ1) is 16.4. The average molecular weight is 338 g/mol. The van der Waals surface area contributed by atoms with Crippen LogP contribution >= 0.6 is 0 Å². The van der Waals surface area contributed by atoms with E-state index in [-0.39, 0.29) is 17.6 Å². The first-order valence-electron chi connectivity index (χ1n) is 7.82. The van der Waals surface area contributed by atoms with E-state index in [9.17, 15) is 13.2 Å². The Hall–Kier alpha value is -1.47. The summed E-state index contributed by atoms with van der Waals surface area (Å²) in [6.07, 6.45) is 0.606. The number of hydrogen-bond acceptors (Lipinski definition) is 5. The fraction of sp³-hybridized carbons (Fsp3) is 0.625. The zero-order valence-electron chi connectivity index (χ0n) is 13.5. The highest BCUT2D eigenvalue weighted by molar-refractivity contribution is 7.93. The molecule has 126 valence electrons. The van der Waals surface area contributed by atoms with E-state index in [0.717, 1.165) is 11.4 Å². The molecule has 6 nitrogen and oxygen atoms in total. The second-order valence-electron chi connectivity index (χ2n) is 6.53. The number of sulfone groups is 1. The summed E-state index contributed by atoms with van der Waals surface area (Å²) in [7, 11) is -3.16. The van der Waals surface area contributed by atoms with Gasteiger partial charge in [-0.05, 0) is 25.5 Å². The van der Waals surface area contributed by atoms with Crippen molar-refractivity contribution >= 4 is 15.7 Å². The van der Waals surface area contributed by atoms with Crippen LogP contribution in [0.4, 0.5) is 0 Å². The van der Waals surface area contributed by atoms with Crippen LogP contribution in [0.2, 0.25) is 0 Å². The van der Waals surface area contributed by atoms with Crippen LogP contribution in [0.15, 0.2) is 18.2 Å². The van der Waals surface area contributed by atoms with Gasteiger partial charge in [-0.1, -0.05) is 6.07 Å². The standard InChI is InChI=1S/C16H22N2O4S/c1-12-4-3-5-15(17-12)9-22-8-14-6-7-23(20,21)16(14)10-18(11-16)13(2)19/h3-5,14H,6-11H2,1-2H3/t14-/m0/s1. The largest absolute Gasteiger partial charge is 0.375 e. The molecule has 1 amide bonds. The Kier molecular flexibility index (Phi) is 4.18. The fourth-order valence-corrected chi connectivity index (χ4v) is 5.92. The molecule has 0 aliphatic carbocycles. The van der Waals surface area contributed by atoms with E-state index in [4.69, 9.17) is 4.74 Å². The molecule has 2 aliphatic heterocycles. The molecule has 0 N–H and O–H groups in total. The van der Waals surface area contributed by atoms with Crippen LogP contribution in [-0.2, 0) is 26.0 Å². The van der Waals surface area contributed by atoms with E-state index in [1.165, 1.54) is 6.92 Å². The van der Waals surface area contributed by atoms with Crippen molar-refractivity contribution in [2.75, 3.05) is 25.4 Å². The molecule has 1 atom stereocenters. The Labute approximate surface area is 136 Å². The molecule has 1 aromatic rings. The minimum atomic E-state index is -3.16. The molecule has 2 fully saturated rings. The number of hydrogen-bond donors (Lipinski definition) is 0. The van der Waals surface area contributed by atoms with E-state index >= 15 is 0 Å². The molecular weight excluding hydrogens is 316 g/mol. The molecule has 2 aliphatic rings. The fourth-order valence-electron chi connectivity index (χ4n) is 3.52. The molecule has 1 aromatic heterocycles. The first-order chi connectivity index (χ1) is 10.8. The van der Waals surface area contributed by atoms with E-state index in [1.54, 1.807) is 4.90 Å². The van der Waals surface area contributed by atoms with Gasteiger partial charge in [-0.15, -0.1) is 0 Å². The van der Waals surface area contributed by atoms with Gasteiger partial charge in [0.05, 0.1) is 24.7 Å². The topological polar surface area (TPSA) is 76.6 Å². The summed E-state index contributed by atoms with van der Waals surface area (Å²) in [6.45, 7) is 4.78. The number of aromatic nitrogens is 1. The highest BCUT2D eigenvalue weighted by Gasteiger charge is 2.62. The zero-order chi connectivity index (χ0) is 16.7. The van der Waals surface area contributed by atoms with Crippen LogP contribution in [0.25, 0.3) is 0 Å². The third-order valence-corrected chi connectivity index (χ3v) is 7.58. The molecule has 7 heteroatoms. The van der Waals surface area contributed by atoms with Gasteiger partial charge in [0.25, 0.3) is 0 Å². The number of carbonyl (C=O) groups excluding carboxylic acids is 1. The van der Waals surface area contributed by atoms with Crippen molar-refractivity contribution in [1.82, 2.24) is 9.88 Å². The number of rotatable bonds is 4. The monoisotopic (exact) mass is 338 g/mol. The lowest BCUT2D eigenvalue weighted by atomic mass is 9.83. The van der Waals surface area contributed by atoms with Crippen molar-refractivity contribution in [2.24, 2.45) is 5.92 Å². The summed E-state index contributed by atoms with van der Waals surface area (Å²) in [5.74, 6) is 0.0735. The van der Waals surface area contributed by atoms with Crippen molar-refractivity contribution in [3.05, 3.63) is 29.6 Å². The summed E-state index contributed by atoms with van der Waals surface area (Å²) >= 11 is 0. The van der Waals surface area contributed by atoms with Crippen molar-refractivity contribution in [2.45, 2.75) is 31.6 Å². The Balaban J connectivity index is 1.62. The van der Waals surface area contributed by atoms with Crippen LogP contribution < -0.4 is 0 Å². The normalized spacial score (nSPS) is 24.6. The van der Waals surface area contributed by atoms with Crippen LogP contribution in [0, 0.1) is 12.8 Å². The van der Waals surface area contributed by atoms with Gasteiger partial charge in [-0.3, -0.25) is 9.78 Å². The van der Waals surface area contributed by atoms with Crippen LogP contribution in [0.5, 0.6) is 0 Å². The minimum Gasteiger partial charge on any atom is -0.375 e. The lowest BCUT2D eigenvalue weighted by Gasteiger charge is -2.49. The maximum Gasteiger partial charge on any atom is 0.219 e. The molecule has 3 rings (SSSR count).